The average molecular weight is 440 g/mol. The number of piperidine rings is 1. The molecule has 0 atom stereocenters. The Morgan fingerprint density at radius 2 is 1.77 bits per heavy atom. The zero-order valence-electron chi connectivity index (χ0n) is 17.1. The predicted molar refractivity (Wildman–Crippen MR) is 120 cm³/mol. The fourth-order valence-corrected chi connectivity index (χ4v) is 4.69. The molecule has 4 rings (SSSR count). The monoisotopic (exact) mass is 439 g/mol. The lowest BCUT2D eigenvalue weighted by molar-refractivity contribution is 0.102. The van der Waals surface area contributed by atoms with Crippen molar-refractivity contribution in [1.82, 2.24) is 4.72 Å². The molecule has 2 N–H and O–H groups in total. The van der Waals surface area contributed by atoms with Gasteiger partial charge in [0.25, 0.3) is 5.91 Å². The minimum absolute atomic E-state index is 0.0241. The molecule has 0 bridgehead atoms. The second-order valence-corrected chi connectivity index (χ2v) is 9.22. The van der Waals surface area contributed by atoms with E-state index in [1.165, 1.54) is 24.8 Å². The highest BCUT2D eigenvalue weighted by molar-refractivity contribution is 7.89. The average Bonchev–Trinajstić information content (AvgIpc) is 3.33. The number of nitrogens with zero attached hydrogens (tertiary/aromatic N) is 1. The van der Waals surface area contributed by atoms with Crippen molar-refractivity contribution in [2.75, 3.05) is 23.3 Å². The molecule has 2 aromatic carbocycles. The molecule has 0 unspecified atom stereocenters. The van der Waals surface area contributed by atoms with Crippen molar-refractivity contribution < 1.29 is 17.6 Å². The highest BCUT2D eigenvalue weighted by atomic mass is 32.2. The van der Waals surface area contributed by atoms with Gasteiger partial charge in [0.1, 0.15) is 5.76 Å². The quantitative estimate of drug-likeness (QED) is 0.581. The van der Waals surface area contributed by atoms with Crippen LogP contribution in [0.1, 0.15) is 35.4 Å². The van der Waals surface area contributed by atoms with Gasteiger partial charge in [-0.15, -0.1) is 0 Å². The number of anilines is 2. The number of rotatable bonds is 7. The van der Waals surface area contributed by atoms with Crippen molar-refractivity contribution >= 4 is 27.3 Å². The largest absolute Gasteiger partial charge is 0.468 e. The van der Waals surface area contributed by atoms with E-state index in [9.17, 15) is 13.2 Å². The molecule has 1 aliphatic rings. The zero-order chi connectivity index (χ0) is 21.7. The van der Waals surface area contributed by atoms with Crippen LogP contribution in [0, 0.1) is 0 Å². The summed E-state index contributed by atoms with van der Waals surface area (Å²) < 4.78 is 32.9. The fourth-order valence-electron chi connectivity index (χ4n) is 3.65. The fraction of sp³-hybridized carbons (Fsp3) is 0.261. The first-order valence-electron chi connectivity index (χ1n) is 10.3. The Hall–Kier alpha value is -3.10. The summed E-state index contributed by atoms with van der Waals surface area (Å²) in [6.07, 6.45) is 4.97. The first kappa shape index (κ1) is 21.1. The zero-order valence-corrected chi connectivity index (χ0v) is 17.9. The molecule has 0 aliphatic carbocycles. The SMILES string of the molecule is O=C(Nc1ccccc1N1CCCCC1)c1cccc(S(=O)(=O)NCc2ccco2)c1. The summed E-state index contributed by atoms with van der Waals surface area (Å²) in [5.74, 6) is 0.152. The molecule has 8 heteroatoms. The molecule has 1 amide bonds. The van der Waals surface area contributed by atoms with E-state index in [0.717, 1.165) is 37.3 Å². The molecule has 0 spiro atoms. The van der Waals surface area contributed by atoms with Crippen LogP contribution >= 0.6 is 0 Å². The van der Waals surface area contributed by atoms with Crippen LogP contribution in [0.3, 0.4) is 0 Å². The number of benzene rings is 2. The molecule has 1 saturated heterocycles. The molecule has 0 saturated carbocycles. The molecule has 2 heterocycles. The summed E-state index contributed by atoms with van der Waals surface area (Å²) in [5.41, 5.74) is 1.98. The van der Waals surface area contributed by atoms with Gasteiger partial charge in [-0.05, 0) is 61.7 Å². The van der Waals surface area contributed by atoms with Crippen molar-refractivity contribution in [3.8, 4) is 0 Å². The smallest absolute Gasteiger partial charge is 0.255 e. The van der Waals surface area contributed by atoms with Gasteiger partial charge in [0.2, 0.25) is 10.0 Å². The molecule has 1 fully saturated rings. The third kappa shape index (κ3) is 5.15. The van der Waals surface area contributed by atoms with E-state index in [-0.39, 0.29) is 22.9 Å². The van der Waals surface area contributed by atoms with Crippen LogP contribution in [-0.4, -0.2) is 27.4 Å². The number of carbonyl (C=O) groups excluding carboxylic acids is 1. The normalized spacial score (nSPS) is 14.4. The van der Waals surface area contributed by atoms with Gasteiger partial charge in [0.05, 0.1) is 29.1 Å². The van der Waals surface area contributed by atoms with E-state index < -0.39 is 10.0 Å². The third-order valence-corrected chi connectivity index (χ3v) is 6.67. The summed E-state index contributed by atoms with van der Waals surface area (Å²) in [4.78, 5) is 15.2. The first-order valence-corrected chi connectivity index (χ1v) is 11.8. The number of amides is 1. The number of carbonyl (C=O) groups is 1. The number of furan rings is 1. The number of hydrogen-bond acceptors (Lipinski definition) is 5. The molecule has 162 valence electrons. The predicted octanol–water partition coefficient (Wildman–Crippen LogP) is 4.00. The highest BCUT2D eigenvalue weighted by Gasteiger charge is 2.19. The molecular formula is C23H25N3O4S. The van der Waals surface area contributed by atoms with E-state index in [1.54, 1.807) is 24.3 Å². The molecule has 3 aromatic rings. The summed E-state index contributed by atoms with van der Waals surface area (Å²) >= 11 is 0. The summed E-state index contributed by atoms with van der Waals surface area (Å²) in [5, 5.41) is 2.95. The summed E-state index contributed by atoms with van der Waals surface area (Å²) in [7, 11) is -3.79. The van der Waals surface area contributed by atoms with Gasteiger partial charge >= 0.3 is 0 Å². The maximum atomic E-state index is 12.9. The summed E-state index contributed by atoms with van der Waals surface area (Å²) in [6.45, 7) is 1.96. The van der Waals surface area contributed by atoms with Crippen molar-refractivity contribution in [3.63, 3.8) is 0 Å². The Kier molecular flexibility index (Phi) is 6.39. The molecule has 1 aliphatic heterocycles. The first-order chi connectivity index (χ1) is 15.0. The van der Waals surface area contributed by atoms with Crippen LogP contribution in [0.4, 0.5) is 11.4 Å². The van der Waals surface area contributed by atoms with Gasteiger partial charge in [-0.3, -0.25) is 4.79 Å². The van der Waals surface area contributed by atoms with E-state index >= 15 is 0 Å². The van der Waals surface area contributed by atoms with Gasteiger partial charge in [-0.2, -0.15) is 0 Å². The number of sulfonamides is 1. The number of hydrogen-bond donors (Lipinski definition) is 2. The Morgan fingerprint density at radius 1 is 0.968 bits per heavy atom. The van der Waals surface area contributed by atoms with E-state index in [4.69, 9.17) is 4.42 Å². The Bertz CT molecular complexity index is 1140. The van der Waals surface area contributed by atoms with Crippen molar-refractivity contribution in [3.05, 3.63) is 78.3 Å². The summed E-state index contributed by atoms with van der Waals surface area (Å²) in [6, 6.07) is 17.1. The van der Waals surface area contributed by atoms with Gasteiger partial charge in [-0.25, -0.2) is 13.1 Å². The lowest BCUT2D eigenvalue weighted by Crippen LogP contribution is -2.30. The van der Waals surface area contributed by atoms with Gasteiger partial charge in [0.15, 0.2) is 0 Å². The van der Waals surface area contributed by atoms with E-state index in [2.05, 4.69) is 14.9 Å². The van der Waals surface area contributed by atoms with Crippen molar-refractivity contribution in [2.45, 2.75) is 30.7 Å². The number of para-hydroxylation sites is 2. The van der Waals surface area contributed by atoms with Crippen molar-refractivity contribution in [2.24, 2.45) is 0 Å². The topological polar surface area (TPSA) is 91.7 Å². The van der Waals surface area contributed by atoms with Gasteiger partial charge in [-0.1, -0.05) is 18.2 Å². The second-order valence-electron chi connectivity index (χ2n) is 7.45. The van der Waals surface area contributed by atoms with E-state index in [0.29, 0.717) is 5.76 Å². The molecule has 31 heavy (non-hydrogen) atoms. The lowest BCUT2D eigenvalue weighted by Gasteiger charge is -2.30. The van der Waals surface area contributed by atoms with Crippen LogP contribution in [0.2, 0.25) is 0 Å². The lowest BCUT2D eigenvalue weighted by atomic mass is 10.1. The van der Waals surface area contributed by atoms with Gasteiger partial charge < -0.3 is 14.6 Å². The van der Waals surface area contributed by atoms with Crippen LogP contribution in [0.15, 0.2) is 76.2 Å². The van der Waals surface area contributed by atoms with Gasteiger partial charge in [0, 0.05) is 18.7 Å². The Morgan fingerprint density at radius 3 is 2.55 bits per heavy atom. The molecule has 1 aromatic heterocycles. The second kappa shape index (κ2) is 9.36. The highest BCUT2D eigenvalue weighted by Crippen LogP contribution is 2.28. The third-order valence-electron chi connectivity index (χ3n) is 5.27. The van der Waals surface area contributed by atoms with E-state index in [1.807, 2.05) is 24.3 Å². The molecule has 7 nitrogen and oxygen atoms in total. The standard InChI is InChI=1S/C23H25N3O4S/c27-23(25-21-11-2-3-12-22(21)26-13-4-1-5-14-26)18-8-6-10-20(16-18)31(28,29)24-17-19-9-7-15-30-19/h2-3,6-12,15-16,24H,1,4-5,13-14,17H2,(H,25,27). The maximum Gasteiger partial charge on any atom is 0.255 e. The maximum absolute atomic E-state index is 12.9. The minimum Gasteiger partial charge on any atom is -0.468 e. The van der Waals surface area contributed by atoms with Crippen LogP contribution < -0.4 is 14.9 Å². The number of nitrogens with one attached hydrogen (secondary N) is 2. The van der Waals surface area contributed by atoms with Crippen LogP contribution in [0.5, 0.6) is 0 Å². The van der Waals surface area contributed by atoms with Crippen molar-refractivity contribution in [1.29, 1.82) is 0 Å². The van der Waals surface area contributed by atoms with Crippen LogP contribution in [-0.2, 0) is 16.6 Å². The van der Waals surface area contributed by atoms with Crippen LogP contribution in [0.25, 0.3) is 0 Å². The Balaban J connectivity index is 1.50. The Labute approximate surface area is 182 Å². The molecular weight excluding hydrogens is 414 g/mol. The minimum atomic E-state index is -3.79. The molecule has 0 radical (unpaired) electrons.